The van der Waals surface area contributed by atoms with Gasteiger partial charge < -0.3 is 4.74 Å². The topological polar surface area (TPSA) is 25.4 Å². The highest BCUT2D eigenvalue weighted by Crippen LogP contribution is 2.05. The van der Waals surface area contributed by atoms with Gasteiger partial charge in [0.2, 0.25) is 0 Å². The maximum atomic E-state index is 5.30. The van der Waals surface area contributed by atoms with Crippen molar-refractivity contribution in [3.8, 4) is 0 Å². The second-order valence-corrected chi connectivity index (χ2v) is 3.66. The lowest BCUT2D eigenvalue weighted by atomic mass is 10.3. The van der Waals surface area contributed by atoms with Crippen LogP contribution in [0.3, 0.4) is 0 Å². The lowest BCUT2D eigenvalue weighted by Gasteiger charge is -2.26. The Kier molecular flexibility index (Phi) is 3.11. The molecule has 0 bridgehead atoms. The van der Waals surface area contributed by atoms with Gasteiger partial charge in [0.25, 0.3) is 0 Å². The fourth-order valence-corrected chi connectivity index (χ4v) is 1.68. The monoisotopic (exact) mass is 192 g/mol. The maximum absolute atomic E-state index is 5.30. The lowest BCUT2D eigenvalue weighted by Crippen LogP contribution is -2.35. The summed E-state index contributed by atoms with van der Waals surface area (Å²) in [6, 6.07) is 6.18. The van der Waals surface area contributed by atoms with Gasteiger partial charge in [-0.1, -0.05) is 6.07 Å². The Balaban J connectivity index is 1.95. The quantitative estimate of drug-likeness (QED) is 0.704. The molecule has 3 nitrogen and oxygen atoms in total. The van der Waals surface area contributed by atoms with Crippen molar-refractivity contribution < 1.29 is 4.74 Å². The molecule has 3 heteroatoms. The molecule has 0 spiro atoms. The van der Waals surface area contributed by atoms with Gasteiger partial charge in [0.1, 0.15) is 0 Å². The minimum absolute atomic E-state index is 0.853. The third-order valence-electron chi connectivity index (χ3n) is 2.44. The summed E-state index contributed by atoms with van der Waals surface area (Å²) < 4.78 is 5.30. The number of aryl methyl sites for hydroxylation is 1. The van der Waals surface area contributed by atoms with Crippen LogP contribution in [0.2, 0.25) is 0 Å². The number of aromatic nitrogens is 1. The highest BCUT2D eigenvalue weighted by molar-refractivity contribution is 5.09. The summed E-state index contributed by atoms with van der Waals surface area (Å²) in [4.78, 5) is 6.87. The van der Waals surface area contributed by atoms with E-state index in [9.17, 15) is 0 Å². The summed E-state index contributed by atoms with van der Waals surface area (Å²) in [5.41, 5.74) is 2.25. The Morgan fingerprint density at radius 2 is 2.14 bits per heavy atom. The Morgan fingerprint density at radius 3 is 2.86 bits per heavy atom. The first-order valence-corrected chi connectivity index (χ1v) is 5.07. The van der Waals surface area contributed by atoms with Gasteiger partial charge >= 0.3 is 0 Å². The number of hydrogen-bond acceptors (Lipinski definition) is 3. The van der Waals surface area contributed by atoms with Gasteiger partial charge in [-0.15, -0.1) is 0 Å². The van der Waals surface area contributed by atoms with E-state index >= 15 is 0 Å². The predicted molar refractivity (Wildman–Crippen MR) is 55.1 cm³/mol. The summed E-state index contributed by atoms with van der Waals surface area (Å²) in [5, 5.41) is 0. The molecule has 0 aliphatic carbocycles. The molecule has 0 radical (unpaired) electrons. The molecule has 1 aliphatic rings. The van der Waals surface area contributed by atoms with E-state index in [1.54, 1.807) is 0 Å². The van der Waals surface area contributed by atoms with Crippen molar-refractivity contribution in [3.63, 3.8) is 0 Å². The zero-order valence-electron chi connectivity index (χ0n) is 8.57. The van der Waals surface area contributed by atoms with Crippen LogP contribution in [0.25, 0.3) is 0 Å². The molecule has 2 heterocycles. The van der Waals surface area contributed by atoms with Crippen molar-refractivity contribution >= 4 is 0 Å². The van der Waals surface area contributed by atoms with E-state index in [2.05, 4.69) is 22.0 Å². The Hall–Kier alpha value is -0.930. The molecule has 0 N–H and O–H groups in total. The van der Waals surface area contributed by atoms with Crippen LogP contribution in [-0.4, -0.2) is 36.2 Å². The molecule has 1 saturated heterocycles. The molecule has 76 valence electrons. The Labute approximate surface area is 84.7 Å². The van der Waals surface area contributed by atoms with E-state index in [1.165, 1.54) is 0 Å². The van der Waals surface area contributed by atoms with Crippen LogP contribution in [0.4, 0.5) is 0 Å². The molecule has 1 fully saturated rings. The second kappa shape index (κ2) is 4.53. The van der Waals surface area contributed by atoms with Crippen LogP contribution in [-0.2, 0) is 11.3 Å². The Bertz CT molecular complexity index is 295. The molecular weight excluding hydrogens is 176 g/mol. The SMILES string of the molecule is Cc1cccc(CN2CCOCC2)n1. The van der Waals surface area contributed by atoms with Crippen molar-refractivity contribution in [2.75, 3.05) is 26.3 Å². The molecule has 2 rings (SSSR count). The summed E-state index contributed by atoms with van der Waals surface area (Å²) in [6.07, 6.45) is 0. The standard InChI is InChI=1S/C11H16N2O/c1-10-3-2-4-11(12-10)9-13-5-7-14-8-6-13/h2-4H,5-9H2,1H3. The van der Waals surface area contributed by atoms with Crippen LogP contribution in [0.1, 0.15) is 11.4 Å². The molecule has 0 saturated carbocycles. The molecule has 1 aromatic heterocycles. The minimum atomic E-state index is 0.853. The second-order valence-electron chi connectivity index (χ2n) is 3.66. The largest absolute Gasteiger partial charge is 0.379 e. The number of nitrogens with zero attached hydrogens (tertiary/aromatic N) is 2. The van der Waals surface area contributed by atoms with Crippen LogP contribution in [0.5, 0.6) is 0 Å². The zero-order valence-corrected chi connectivity index (χ0v) is 8.57. The third-order valence-corrected chi connectivity index (χ3v) is 2.44. The van der Waals surface area contributed by atoms with Crippen molar-refractivity contribution in [2.45, 2.75) is 13.5 Å². The van der Waals surface area contributed by atoms with E-state index < -0.39 is 0 Å². The van der Waals surface area contributed by atoms with Crippen molar-refractivity contribution in [1.29, 1.82) is 0 Å². The highest BCUT2D eigenvalue weighted by atomic mass is 16.5. The van der Waals surface area contributed by atoms with Crippen LogP contribution < -0.4 is 0 Å². The van der Waals surface area contributed by atoms with Gasteiger partial charge in [-0.05, 0) is 19.1 Å². The number of hydrogen-bond donors (Lipinski definition) is 0. The van der Waals surface area contributed by atoms with Crippen molar-refractivity contribution in [3.05, 3.63) is 29.6 Å². The van der Waals surface area contributed by atoms with Gasteiger partial charge in [0, 0.05) is 25.3 Å². The molecule has 0 atom stereocenters. The van der Waals surface area contributed by atoms with Crippen molar-refractivity contribution in [1.82, 2.24) is 9.88 Å². The first-order chi connectivity index (χ1) is 6.84. The predicted octanol–water partition coefficient (Wildman–Crippen LogP) is 1.22. The van der Waals surface area contributed by atoms with Crippen LogP contribution in [0.15, 0.2) is 18.2 Å². The van der Waals surface area contributed by atoms with Crippen LogP contribution >= 0.6 is 0 Å². The minimum Gasteiger partial charge on any atom is -0.379 e. The molecule has 0 aromatic carbocycles. The number of morpholine rings is 1. The molecule has 0 unspecified atom stereocenters. The number of rotatable bonds is 2. The lowest BCUT2D eigenvalue weighted by molar-refractivity contribution is 0.0336. The van der Waals surface area contributed by atoms with E-state index in [0.29, 0.717) is 0 Å². The highest BCUT2D eigenvalue weighted by Gasteiger charge is 2.10. The van der Waals surface area contributed by atoms with Gasteiger partial charge in [-0.2, -0.15) is 0 Å². The van der Waals surface area contributed by atoms with E-state index in [0.717, 1.165) is 44.2 Å². The first-order valence-electron chi connectivity index (χ1n) is 5.07. The van der Waals surface area contributed by atoms with E-state index in [-0.39, 0.29) is 0 Å². The summed E-state index contributed by atoms with van der Waals surface area (Å²) in [5.74, 6) is 0. The third kappa shape index (κ3) is 2.53. The molecule has 1 aromatic rings. The average Bonchev–Trinajstić information content (AvgIpc) is 2.19. The molecule has 0 amide bonds. The Morgan fingerprint density at radius 1 is 1.36 bits per heavy atom. The van der Waals surface area contributed by atoms with E-state index in [1.807, 2.05) is 13.0 Å². The van der Waals surface area contributed by atoms with Gasteiger partial charge in [-0.25, -0.2) is 0 Å². The van der Waals surface area contributed by atoms with Gasteiger partial charge in [0.05, 0.1) is 18.9 Å². The van der Waals surface area contributed by atoms with Gasteiger partial charge in [0.15, 0.2) is 0 Å². The maximum Gasteiger partial charge on any atom is 0.0594 e. The number of pyridine rings is 1. The average molecular weight is 192 g/mol. The number of ether oxygens (including phenoxy) is 1. The van der Waals surface area contributed by atoms with Gasteiger partial charge in [-0.3, -0.25) is 9.88 Å². The van der Waals surface area contributed by atoms with Crippen LogP contribution in [0, 0.1) is 6.92 Å². The molecular formula is C11H16N2O. The fraction of sp³-hybridized carbons (Fsp3) is 0.545. The van der Waals surface area contributed by atoms with Crippen molar-refractivity contribution in [2.24, 2.45) is 0 Å². The smallest absolute Gasteiger partial charge is 0.0594 e. The summed E-state index contributed by atoms with van der Waals surface area (Å²) >= 11 is 0. The molecule has 1 aliphatic heterocycles. The van der Waals surface area contributed by atoms with E-state index in [4.69, 9.17) is 4.74 Å². The summed E-state index contributed by atoms with van der Waals surface area (Å²) in [6.45, 7) is 6.73. The molecule has 14 heavy (non-hydrogen) atoms. The zero-order chi connectivity index (χ0) is 9.80. The first kappa shape index (κ1) is 9.62. The summed E-state index contributed by atoms with van der Waals surface area (Å²) in [7, 11) is 0. The fourth-order valence-electron chi connectivity index (χ4n) is 1.68. The normalized spacial score (nSPS) is 18.4.